The summed E-state index contributed by atoms with van der Waals surface area (Å²) in [5.74, 6) is -0.236. The Bertz CT molecular complexity index is 766. The molecule has 0 radical (unpaired) electrons. The van der Waals surface area contributed by atoms with E-state index in [1.165, 1.54) is 231 Å². The number of unbranched alkanes of at least 4 members (excludes halogenated alkanes) is 39. The van der Waals surface area contributed by atoms with Crippen LogP contribution in [0.15, 0.2) is 0 Å². The zero-order valence-electron chi connectivity index (χ0n) is 38.7. The molecule has 334 valence electrons. The number of carbonyl (C=O) groups excluding carboxylic acids is 2. The molecule has 56 heavy (non-hydrogen) atoms. The first-order valence-electron chi connectivity index (χ1n) is 26.0. The Morgan fingerprint density at radius 3 is 0.821 bits per heavy atom. The van der Waals surface area contributed by atoms with Gasteiger partial charge in [0, 0.05) is 12.8 Å². The number of carbonyl (C=O) groups is 2. The van der Waals surface area contributed by atoms with Crippen molar-refractivity contribution in [1.29, 1.82) is 0 Å². The maximum absolute atomic E-state index is 12.8. The summed E-state index contributed by atoms with van der Waals surface area (Å²) in [7, 11) is 0. The number of hydrogen-bond acceptors (Lipinski definition) is 4. The van der Waals surface area contributed by atoms with Crippen molar-refractivity contribution in [3.63, 3.8) is 0 Å². The maximum Gasteiger partial charge on any atom is 0.306 e. The van der Waals surface area contributed by atoms with E-state index >= 15 is 0 Å². The molecule has 0 N–H and O–H groups in total. The molecule has 4 nitrogen and oxygen atoms in total. The first-order chi connectivity index (χ1) is 27.6. The molecule has 1 unspecified atom stereocenters. The van der Waals surface area contributed by atoms with Crippen molar-refractivity contribution in [1.82, 2.24) is 0 Å². The normalized spacial score (nSPS) is 12.0. The van der Waals surface area contributed by atoms with Crippen LogP contribution >= 0.6 is 0 Å². The van der Waals surface area contributed by atoms with Crippen LogP contribution in [0.2, 0.25) is 0 Å². The van der Waals surface area contributed by atoms with Crippen molar-refractivity contribution >= 4 is 11.9 Å². The smallest absolute Gasteiger partial charge is 0.306 e. The van der Waals surface area contributed by atoms with Gasteiger partial charge in [-0.3, -0.25) is 9.59 Å². The fourth-order valence-corrected chi connectivity index (χ4v) is 8.17. The van der Waals surface area contributed by atoms with E-state index in [0.717, 1.165) is 44.9 Å². The van der Waals surface area contributed by atoms with Gasteiger partial charge in [-0.1, -0.05) is 271 Å². The first kappa shape index (κ1) is 54.9. The molecule has 0 heterocycles. The Morgan fingerprint density at radius 2 is 0.536 bits per heavy atom. The van der Waals surface area contributed by atoms with E-state index in [9.17, 15) is 9.59 Å². The van der Waals surface area contributed by atoms with Gasteiger partial charge < -0.3 is 9.47 Å². The van der Waals surface area contributed by atoms with E-state index in [1.54, 1.807) is 0 Å². The van der Waals surface area contributed by atoms with Gasteiger partial charge in [0.05, 0.1) is 0 Å². The molecular weight excluding hydrogens is 689 g/mol. The molecule has 0 spiro atoms. The van der Waals surface area contributed by atoms with Crippen molar-refractivity contribution < 1.29 is 19.1 Å². The quantitative estimate of drug-likeness (QED) is 0.0455. The van der Waals surface area contributed by atoms with Crippen LogP contribution in [-0.2, 0) is 19.1 Å². The van der Waals surface area contributed by atoms with Gasteiger partial charge in [-0.15, -0.1) is 0 Å². The predicted molar refractivity (Wildman–Crippen MR) is 246 cm³/mol. The number of hydrogen-bond donors (Lipinski definition) is 0. The van der Waals surface area contributed by atoms with E-state index in [4.69, 9.17) is 9.47 Å². The fraction of sp³-hybridized carbons (Fsp3) is 0.962. The minimum atomic E-state index is -0.299. The van der Waals surface area contributed by atoms with Gasteiger partial charge in [0.25, 0.3) is 0 Å². The molecule has 0 aliphatic heterocycles. The summed E-state index contributed by atoms with van der Waals surface area (Å²) in [4.78, 5) is 25.4. The summed E-state index contributed by atoms with van der Waals surface area (Å²) in [6, 6.07) is 0. The van der Waals surface area contributed by atoms with E-state index in [0.29, 0.717) is 12.8 Å². The third kappa shape index (κ3) is 45.6. The van der Waals surface area contributed by atoms with Gasteiger partial charge in [0.1, 0.15) is 12.7 Å². The monoisotopic (exact) mass is 791 g/mol. The fourth-order valence-electron chi connectivity index (χ4n) is 8.17. The van der Waals surface area contributed by atoms with Gasteiger partial charge in [0.15, 0.2) is 0 Å². The van der Waals surface area contributed by atoms with E-state index in [2.05, 4.69) is 20.8 Å². The maximum atomic E-state index is 12.8. The Kier molecular flexibility index (Phi) is 47.4. The first-order valence-corrected chi connectivity index (χ1v) is 26.0. The molecule has 0 rings (SSSR count). The Balaban J connectivity index is 4.19. The lowest BCUT2D eigenvalue weighted by molar-refractivity contribution is -0.159. The lowest BCUT2D eigenvalue weighted by Crippen LogP contribution is -2.25. The second-order valence-corrected chi connectivity index (χ2v) is 17.9. The van der Waals surface area contributed by atoms with Crippen LogP contribution in [0, 0.1) is 0 Å². The van der Waals surface area contributed by atoms with Crippen molar-refractivity contribution in [2.24, 2.45) is 0 Å². The number of rotatable bonds is 48. The molecule has 1 atom stereocenters. The SMILES string of the molecule is CCCCCCCCCCCCCCCCCCC(COC(=O)CCCCCCCCCCCCCCC)OC(=O)CCCCCCCCCCCCCCC. The van der Waals surface area contributed by atoms with E-state index in [-0.39, 0.29) is 24.6 Å². The highest BCUT2D eigenvalue weighted by molar-refractivity contribution is 5.70. The molecule has 0 aromatic rings. The zero-order chi connectivity index (χ0) is 40.7. The summed E-state index contributed by atoms with van der Waals surface area (Å²) >= 11 is 0. The average molecular weight is 791 g/mol. The summed E-state index contributed by atoms with van der Waals surface area (Å²) in [5, 5.41) is 0. The summed E-state index contributed by atoms with van der Waals surface area (Å²) in [5.41, 5.74) is 0. The molecule has 0 saturated carbocycles. The highest BCUT2D eigenvalue weighted by Crippen LogP contribution is 2.18. The molecular formula is C52H102O4. The van der Waals surface area contributed by atoms with Crippen LogP contribution in [-0.4, -0.2) is 24.6 Å². The zero-order valence-corrected chi connectivity index (χ0v) is 38.7. The molecule has 0 bridgehead atoms. The Morgan fingerprint density at radius 1 is 0.304 bits per heavy atom. The van der Waals surface area contributed by atoms with Gasteiger partial charge in [-0.2, -0.15) is 0 Å². The second kappa shape index (κ2) is 48.3. The van der Waals surface area contributed by atoms with Crippen LogP contribution in [0.4, 0.5) is 0 Å². The minimum Gasteiger partial charge on any atom is -0.462 e. The standard InChI is InChI=1S/C52H102O4/c1-4-7-10-13-16-19-22-25-26-27-30-31-34-37-40-43-46-50(56-52(54)48-45-42-39-36-33-29-24-21-18-15-12-9-6-3)49-55-51(53)47-44-41-38-35-32-28-23-20-17-14-11-8-5-2/h50H,4-49H2,1-3H3. The third-order valence-corrected chi connectivity index (χ3v) is 12.1. The Labute approximate surface area is 352 Å². The molecule has 0 amide bonds. The van der Waals surface area contributed by atoms with Crippen molar-refractivity contribution in [2.45, 2.75) is 316 Å². The molecule has 0 aromatic heterocycles. The molecule has 0 aromatic carbocycles. The van der Waals surface area contributed by atoms with E-state index < -0.39 is 0 Å². The van der Waals surface area contributed by atoms with Gasteiger partial charge >= 0.3 is 11.9 Å². The highest BCUT2D eigenvalue weighted by atomic mass is 16.6. The lowest BCUT2D eigenvalue weighted by atomic mass is 10.0. The molecule has 0 saturated heterocycles. The topological polar surface area (TPSA) is 52.6 Å². The predicted octanol–water partition coefficient (Wildman–Crippen LogP) is 18.1. The Hall–Kier alpha value is -1.06. The van der Waals surface area contributed by atoms with Crippen molar-refractivity contribution in [3.05, 3.63) is 0 Å². The van der Waals surface area contributed by atoms with Gasteiger partial charge in [0.2, 0.25) is 0 Å². The number of ether oxygens (including phenoxy) is 2. The highest BCUT2D eigenvalue weighted by Gasteiger charge is 2.17. The van der Waals surface area contributed by atoms with Crippen molar-refractivity contribution in [3.8, 4) is 0 Å². The number of esters is 2. The molecule has 0 fully saturated rings. The summed E-state index contributed by atoms with van der Waals surface area (Å²) in [6.07, 6.45) is 56.8. The van der Waals surface area contributed by atoms with Gasteiger partial charge in [-0.05, 0) is 25.7 Å². The summed E-state index contributed by atoms with van der Waals surface area (Å²) < 4.78 is 11.6. The second-order valence-electron chi connectivity index (χ2n) is 17.9. The van der Waals surface area contributed by atoms with E-state index in [1.807, 2.05) is 0 Å². The lowest BCUT2D eigenvalue weighted by Gasteiger charge is -2.18. The third-order valence-electron chi connectivity index (χ3n) is 12.1. The largest absolute Gasteiger partial charge is 0.462 e. The molecule has 0 aliphatic rings. The van der Waals surface area contributed by atoms with Crippen LogP contribution < -0.4 is 0 Å². The molecule has 0 aliphatic carbocycles. The van der Waals surface area contributed by atoms with Crippen LogP contribution in [0.25, 0.3) is 0 Å². The minimum absolute atomic E-state index is 0.109. The van der Waals surface area contributed by atoms with Gasteiger partial charge in [-0.25, -0.2) is 0 Å². The van der Waals surface area contributed by atoms with Crippen molar-refractivity contribution in [2.75, 3.05) is 6.61 Å². The van der Waals surface area contributed by atoms with Crippen LogP contribution in [0.3, 0.4) is 0 Å². The summed E-state index contributed by atoms with van der Waals surface area (Å²) in [6.45, 7) is 7.07. The average Bonchev–Trinajstić information content (AvgIpc) is 3.20. The molecule has 4 heteroatoms. The van der Waals surface area contributed by atoms with Crippen LogP contribution in [0.1, 0.15) is 310 Å². The van der Waals surface area contributed by atoms with Crippen LogP contribution in [0.5, 0.6) is 0 Å².